The number of nitrogens with one attached hydrogen (secondary N) is 2. The normalized spacial score (nSPS) is 19.3. The highest BCUT2D eigenvalue weighted by molar-refractivity contribution is 5.22. The van der Waals surface area contributed by atoms with Gasteiger partial charge in [0.25, 0.3) is 0 Å². The molecule has 1 aliphatic heterocycles. The summed E-state index contributed by atoms with van der Waals surface area (Å²) < 4.78 is 0. The van der Waals surface area contributed by atoms with E-state index in [1.807, 2.05) is 6.20 Å². The lowest BCUT2D eigenvalue weighted by Crippen LogP contribution is -2.30. The van der Waals surface area contributed by atoms with Crippen molar-refractivity contribution >= 4 is 5.95 Å². The predicted octanol–water partition coefficient (Wildman–Crippen LogP) is 1.55. The van der Waals surface area contributed by atoms with E-state index in [1.54, 1.807) is 6.20 Å². The van der Waals surface area contributed by atoms with Gasteiger partial charge >= 0.3 is 0 Å². The van der Waals surface area contributed by atoms with E-state index < -0.39 is 0 Å². The van der Waals surface area contributed by atoms with Crippen LogP contribution >= 0.6 is 0 Å². The van der Waals surface area contributed by atoms with Crippen LogP contribution in [0.1, 0.15) is 19.3 Å². The zero-order valence-electron chi connectivity index (χ0n) is 9.37. The lowest BCUT2D eigenvalue weighted by molar-refractivity contribution is 0.215. The first-order valence-corrected chi connectivity index (χ1v) is 5.76. The van der Waals surface area contributed by atoms with Crippen molar-refractivity contribution in [1.29, 1.82) is 0 Å². The molecule has 2 rings (SSSR count). The molecule has 1 saturated heterocycles. The summed E-state index contributed by atoms with van der Waals surface area (Å²) in [6.45, 7) is 3.54. The second-order valence-corrected chi connectivity index (χ2v) is 4.40. The van der Waals surface area contributed by atoms with Crippen LogP contribution in [0.3, 0.4) is 0 Å². The fourth-order valence-corrected chi connectivity index (χ4v) is 2.11. The molecule has 0 aliphatic carbocycles. The third-order valence-corrected chi connectivity index (χ3v) is 3.18. The average molecular weight is 208 g/mol. The number of aromatic amines is 1. The fraction of sp³-hybridized carbons (Fsp3) is 0.727. The highest BCUT2D eigenvalue weighted by Crippen LogP contribution is 2.19. The minimum atomic E-state index is 0.892. The molecule has 0 bridgehead atoms. The second-order valence-electron chi connectivity index (χ2n) is 4.40. The summed E-state index contributed by atoms with van der Waals surface area (Å²) in [5.74, 6) is 1.78. The van der Waals surface area contributed by atoms with Gasteiger partial charge in [0.05, 0.1) is 0 Å². The van der Waals surface area contributed by atoms with Gasteiger partial charge in [-0.25, -0.2) is 4.98 Å². The number of anilines is 1. The van der Waals surface area contributed by atoms with Gasteiger partial charge in [0.15, 0.2) is 5.95 Å². The first kappa shape index (κ1) is 10.5. The van der Waals surface area contributed by atoms with Crippen molar-refractivity contribution in [2.75, 3.05) is 32.0 Å². The summed E-state index contributed by atoms with van der Waals surface area (Å²) >= 11 is 0. The summed E-state index contributed by atoms with van der Waals surface area (Å²) in [7, 11) is 2.21. The van der Waals surface area contributed by atoms with Gasteiger partial charge in [0.2, 0.25) is 0 Å². The fourth-order valence-electron chi connectivity index (χ4n) is 2.11. The van der Waals surface area contributed by atoms with Crippen LogP contribution in [0, 0.1) is 5.92 Å². The van der Waals surface area contributed by atoms with Gasteiger partial charge in [-0.2, -0.15) is 0 Å². The van der Waals surface area contributed by atoms with Gasteiger partial charge in [-0.15, -0.1) is 0 Å². The van der Waals surface area contributed by atoms with E-state index in [4.69, 9.17) is 0 Å². The molecular formula is C11H20N4. The third-order valence-electron chi connectivity index (χ3n) is 3.18. The molecule has 0 radical (unpaired) electrons. The second kappa shape index (κ2) is 5.16. The van der Waals surface area contributed by atoms with Crippen LogP contribution in [-0.2, 0) is 0 Å². The molecule has 15 heavy (non-hydrogen) atoms. The van der Waals surface area contributed by atoms with Crippen molar-refractivity contribution in [1.82, 2.24) is 14.9 Å². The maximum atomic E-state index is 4.14. The zero-order chi connectivity index (χ0) is 10.5. The molecule has 0 amide bonds. The van der Waals surface area contributed by atoms with E-state index in [9.17, 15) is 0 Å². The topological polar surface area (TPSA) is 44.0 Å². The van der Waals surface area contributed by atoms with Gasteiger partial charge in [-0.3, -0.25) is 0 Å². The maximum Gasteiger partial charge on any atom is 0.200 e. The number of H-pyrrole nitrogens is 1. The van der Waals surface area contributed by atoms with Crippen molar-refractivity contribution < 1.29 is 0 Å². The molecule has 4 nitrogen and oxygen atoms in total. The monoisotopic (exact) mass is 208 g/mol. The van der Waals surface area contributed by atoms with Gasteiger partial charge in [-0.1, -0.05) is 0 Å². The Balaban J connectivity index is 1.62. The minimum Gasteiger partial charge on any atom is -0.356 e. The first-order chi connectivity index (χ1) is 7.34. The Morgan fingerprint density at radius 1 is 1.53 bits per heavy atom. The molecule has 1 aliphatic rings. The number of likely N-dealkylation sites (tertiary alicyclic amines) is 1. The Kier molecular flexibility index (Phi) is 3.61. The van der Waals surface area contributed by atoms with Crippen molar-refractivity contribution in [3.05, 3.63) is 12.4 Å². The van der Waals surface area contributed by atoms with E-state index in [1.165, 1.54) is 32.4 Å². The Morgan fingerprint density at radius 2 is 2.33 bits per heavy atom. The van der Waals surface area contributed by atoms with E-state index in [0.717, 1.165) is 18.4 Å². The van der Waals surface area contributed by atoms with Gasteiger partial charge in [0.1, 0.15) is 0 Å². The largest absolute Gasteiger partial charge is 0.356 e. The molecule has 4 heteroatoms. The quantitative estimate of drug-likeness (QED) is 0.789. The molecular weight excluding hydrogens is 188 g/mol. The summed E-state index contributed by atoms with van der Waals surface area (Å²) in [5.41, 5.74) is 0. The van der Waals surface area contributed by atoms with Crippen LogP contribution < -0.4 is 5.32 Å². The molecule has 0 spiro atoms. The average Bonchev–Trinajstić information content (AvgIpc) is 2.74. The van der Waals surface area contributed by atoms with Crippen molar-refractivity contribution in [2.24, 2.45) is 5.92 Å². The molecule has 0 unspecified atom stereocenters. The molecule has 84 valence electrons. The van der Waals surface area contributed by atoms with Crippen LogP contribution in [0.25, 0.3) is 0 Å². The van der Waals surface area contributed by atoms with Gasteiger partial charge in [0, 0.05) is 18.9 Å². The van der Waals surface area contributed by atoms with E-state index >= 15 is 0 Å². The smallest absolute Gasteiger partial charge is 0.200 e. The van der Waals surface area contributed by atoms with Crippen LogP contribution in [-0.4, -0.2) is 41.5 Å². The number of hydrogen-bond donors (Lipinski definition) is 2. The highest BCUT2D eigenvalue weighted by atomic mass is 15.1. The Morgan fingerprint density at radius 3 is 3.00 bits per heavy atom. The van der Waals surface area contributed by atoms with Crippen molar-refractivity contribution in [3.8, 4) is 0 Å². The maximum absolute atomic E-state index is 4.14. The molecule has 1 aromatic heterocycles. The molecule has 0 aromatic carbocycles. The first-order valence-electron chi connectivity index (χ1n) is 5.76. The van der Waals surface area contributed by atoms with Crippen LogP contribution in [0.5, 0.6) is 0 Å². The van der Waals surface area contributed by atoms with Crippen molar-refractivity contribution in [2.45, 2.75) is 19.3 Å². The minimum absolute atomic E-state index is 0.892. The zero-order valence-corrected chi connectivity index (χ0v) is 9.37. The van der Waals surface area contributed by atoms with E-state index in [0.29, 0.717) is 0 Å². The Labute approximate surface area is 91.1 Å². The van der Waals surface area contributed by atoms with E-state index in [2.05, 4.69) is 27.2 Å². The standard InChI is InChI=1S/C11H20N4/c1-15-8-3-10(4-9-15)2-5-12-11-13-6-7-14-11/h6-7,10H,2-5,8-9H2,1H3,(H2,12,13,14). The summed E-state index contributed by atoms with van der Waals surface area (Å²) in [6, 6.07) is 0. The van der Waals surface area contributed by atoms with Gasteiger partial charge < -0.3 is 15.2 Å². The number of hydrogen-bond acceptors (Lipinski definition) is 3. The number of aromatic nitrogens is 2. The molecule has 2 heterocycles. The summed E-state index contributed by atoms with van der Waals surface area (Å²) in [5, 5.41) is 3.30. The summed E-state index contributed by atoms with van der Waals surface area (Å²) in [6.07, 6.45) is 7.57. The molecule has 1 fully saturated rings. The van der Waals surface area contributed by atoms with Crippen molar-refractivity contribution in [3.63, 3.8) is 0 Å². The molecule has 2 N–H and O–H groups in total. The number of nitrogens with zero attached hydrogens (tertiary/aromatic N) is 2. The Hall–Kier alpha value is -1.03. The Bertz CT molecular complexity index is 262. The third kappa shape index (κ3) is 3.23. The lowest BCUT2D eigenvalue weighted by atomic mass is 9.94. The lowest BCUT2D eigenvalue weighted by Gasteiger charge is -2.28. The highest BCUT2D eigenvalue weighted by Gasteiger charge is 2.15. The summed E-state index contributed by atoms with van der Waals surface area (Å²) in [4.78, 5) is 9.60. The van der Waals surface area contributed by atoms with Crippen LogP contribution in [0.4, 0.5) is 5.95 Å². The number of rotatable bonds is 4. The van der Waals surface area contributed by atoms with Crippen LogP contribution in [0.15, 0.2) is 12.4 Å². The molecule has 0 saturated carbocycles. The van der Waals surface area contributed by atoms with Crippen LogP contribution in [0.2, 0.25) is 0 Å². The van der Waals surface area contributed by atoms with E-state index in [-0.39, 0.29) is 0 Å². The molecule has 0 atom stereocenters. The number of imidazole rings is 1. The van der Waals surface area contributed by atoms with Gasteiger partial charge in [-0.05, 0) is 45.3 Å². The molecule has 1 aromatic rings. The number of piperidine rings is 1. The predicted molar refractivity (Wildman–Crippen MR) is 61.9 cm³/mol. The SMILES string of the molecule is CN1CCC(CCNc2ncc[nH]2)CC1.